The van der Waals surface area contributed by atoms with E-state index in [1.807, 2.05) is 50.2 Å². The summed E-state index contributed by atoms with van der Waals surface area (Å²) in [6.45, 7) is 23.0. The highest BCUT2D eigenvalue weighted by Gasteiger charge is 2.60. The number of hydrogen-bond acceptors (Lipinski definition) is 0. The van der Waals surface area contributed by atoms with Gasteiger partial charge in [0.2, 0.25) is 0 Å². The smallest absolute Gasteiger partial charge is 0.0988 e. The van der Waals surface area contributed by atoms with Gasteiger partial charge in [0.05, 0.1) is 5.41 Å². The zero-order valence-corrected chi connectivity index (χ0v) is 47.1. The van der Waals surface area contributed by atoms with E-state index in [0.717, 1.165) is 92.9 Å². The van der Waals surface area contributed by atoms with Gasteiger partial charge in [-0.2, -0.15) is 0 Å². The lowest BCUT2D eigenvalue weighted by atomic mass is 9.61. The highest BCUT2D eigenvalue weighted by Crippen LogP contribution is 2.67. The van der Waals surface area contributed by atoms with Crippen molar-refractivity contribution in [1.29, 1.82) is 0 Å². The van der Waals surface area contributed by atoms with Crippen molar-refractivity contribution in [1.82, 2.24) is 0 Å². The SMILES string of the molecule is C=CC1C=C(C#Cc2ccccc2)C=C(C2(C)CC(C)(C)c3c2cc(C#CC2=CCCC=C2)c(Br)c3C2(C#CC3=CCCC=C3)C=CC3=C2C(C)(c2cccc(C#Cc4ccccc4)c2Br)CC3(C)C)C1.CC. The Morgan fingerprint density at radius 2 is 1.18 bits per heavy atom. The third-order valence-corrected chi connectivity index (χ3v) is 17.4. The van der Waals surface area contributed by atoms with Gasteiger partial charge in [-0.1, -0.05) is 218 Å². The maximum absolute atomic E-state index is 4.44. The minimum atomic E-state index is -0.834. The number of hydrogen-bond donors (Lipinski definition) is 0. The van der Waals surface area contributed by atoms with Crippen LogP contribution in [0.5, 0.6) is 0 Å². The summed E-state index contributed by atoms with van der Waals surface area (Å²) in [6.07, 6.45) is 31.9. The van der Waals surface area contributed by atoms with E-state index in [2.05, 4.69) is 243 Å². The number of benzene rings is 4. The fourth-order valence-electron chi connectivity index (χ4n) is 12.7. The van der Waals surface area contributed by atoms with Crippen LogP contribution in [0.1, 0.15) is 145 Å². The van der Waals surface area contributed by atoms with Crippen molar-refractivity contribution >= 4 is 31.9 Å². The first kappa shape index (κ1) is 51.6. The average molecular weight is 1080 g/mol. The minimum Gasteiger partial charge on any atom is -0.102 e. The molecule has 4 aromatic rings. The van der Waals surface area contributed by atoms with E-state index >= 15 is 0 Å². The summed E-state index contributed by atoms with van der Waals surface area (Å²) < 4.78 is 2.06. The second-order valence-corrected chi connectivity index (χ2v) is 23.4. The number of fused-ring (bicyclic) bond motifs is 1. The molecule has 0 spiro atoms. The maximum Gasteiger partial charge on any atom is 0.0988 e. The van der Waals surface area contributed by atoms with Crippen LogP contribution >= 0.6 is 31.9 Å². The van der Waals surface area contributed by atoms with Crippen LogP contribution in [0, 0.1) is 58.7 Å². The average Bonchev–Trinajstić information content (AvgIpc) is 3.99. The predicted molar refractivity (Wildman–Crippen MR) is 316 cm³/mol. The van der Waals surface area contributed by atoms with Crippen molar-refractivity contribution in [2.75, 3.05) is 0 Å². The van der Waals surface area contributed by atoms with Gasteiger partial charge in [0, 0.05) is 58.7 Å². The highest BCUT2D eigenvalue weighted by atomic mass is 79.9. The summed E-state index contributed by atoms with van der Waals surface area (Å²) in [7, 11) is 0. The zero-order valence-electron chi connectivity index (χ0n) is 43.9. The molecule has 73 heavy (non-hydrogen) atoms. The van der Waals surface area contributed by atoms with Crippen LogP contribution in [-0.2, 0) is 21.7 Å². The van der Waals surface area contributed by atoms with Gasteiger partial charge in [-0.05, 0) is 169 Å². The van der Waals surface area contributed by atoms with Gasteiger partial charge < -0.3 is 0 Å². The van der Waals surface area contributed by atoms with E-state index in [1.165, 1.54) is 39.0 Å². The molecule has 0 aliphatic heterocycles. The molecule has 0 amide bonds. The van der Waals surface area contributed by atoms with Gasteiger partial charge in [-0.15, -0.1) is 6.58 Å². The fraction of sp³-hybridized carbons (Fsp3) is 0.296. The van der Waals surface area contributed by atoms with Crippen molar-refractivity contribution in [3.05, 3.63) is 245 Å². The van der Waals surface area contributed by atoms with E-state index in [0.29, 0.717) is 0 Å². The van der Waals surface area contributed by atoms with Crippen LogP contribution in [0.15, 0.2) is 201 Å². The lowest BCUT2D eigenvalue weighted by Crippen LogP contribution is -2.38. The zero-order chi connectivity index (χ0) is 51.6. The van der Waals surface area contributed by atoms with Crippen LogP contribution in [0.3, 0.4) is 0 Å². The molecule has 4 aromatic carbocycles. The van der Waals surface area contributed by atoms with Gasteiger partial charge in [0.15, 0.2) is 0 Å². The van der Waals surface area contributed by atoms with Crippen LogP contribution in [0.25, 0.3) is 0 Å². The molecule has 0 saturated carbocycles. The molecular formula is C71H66Br2. The van der Waals surface area contributed by atoms with Crippen LogP contribution in [0.2, 0.25) is 0 Å². The lowest BCUT2D eigenvalue weighted by molar-refractivity contribution is 0.360. The third kappa shape index (κ3) is 9.84. The van der Waals surface area contributed by atoms with Crippen molar-refractivity contribution in [3.63, 3.8) is 0 Å². The summed E-state index contributed by atoms with van der Waals surface area (Å²) in [6, 6.07) is 29.6. The van der Waals surface area contributed by atoms with Crippen LogP contribution in [0.4, 0.5) is 0 Å². The van der Waals surface area contributed by atoms with E-state index in [1.54, 1.807) is 0 Å². The topological polar surface area (TPSA) is 0 Å². The van der Waals surface area contributed by atoms with Gasteiger partial charge in [-0.3, -0.25) is 0 Å². The Hall–Kier alpha value is -6.26. The molecule has 0 bridgehead atoms. The first-order valence-corrected chi connectivity index (χ1v) is 27.8. The standard InChI is InChI=1S/C69H60Br2.C2H6/c1-8-48-42-53(33-32-49-22-13-9-14-23-49)44-56(43-48)67(6)47-66(4,5)60-59(67)45-55(37-35-51-26-17-11-18-27-51)63(71)61(60)69(40-38-52-28-19-12-20-29-52)41-39-58-64(69)68(7,46-65(58,2)3)57-31-21-30-54(62(57)70)36-34-50-24-15-10-16-25-50;1-2/h8-10,13-17,19,21-31,39,41-42,44-45,48H,1,11-12,18,20,43,46-47H2,2-7H3;1-2H3. The summed E-state index contributed by atoms with van der Waals surface area (Å²) in [5.41, 5.74) is 14.3. The van der Waals surface area contributed by atoms with Gasteiger partial charge in [0.1, 0.15) is 0 Å². The Balaban J connectivity index is 0.00000324. The molecule has 364 valence electrons. The normalized spacial score (nSPS) is 24.4. The number of allylic oxidation sites excluding steroid dienone is 17. The van der Waals surface area contributed by atoms with Crippen LogP contribution < -0.4 is 0 Å². The Morgan fingerprint density at radius 1 is 0.575 bits per heavy atom. The van der Waals surface area contributed by atoms with E-state index in [-0.39, 0.29) is 22.2 Å². The van der Waals surface area contributed by atoms with E-state index in [9.17, 15) is 0 Å². The molecule has 0 saturated heterocycles. The molecule has 4 atom stereocenters. The Labute approximate surface area is 454 Å². The van der Waals surface area contributed by atoms with Crippen molar-refractivity contribution in [3.8, 4) is 47.4 Å². The van der Waals surface area contributed by atoms with Gasteiger partial charge in [-0.25, -0.2) is 0 Å². The second-order valence-electron chi connectivity index (χ2n) is 21.8. The number of halogens is 2. The van der Waals surface area contributed by atoms with Gasteiger partial charge >= 0.3 is 0 Å². The Bertz CT molecular complexity index is 3410. The summed E-state index contributed by atoms with van der Waals surface area (Å²) in [5, 5.41) is 0. The van der Waals surface area contributed by atoms with E-state index in [4.69, 9.17) is 0 Å². The molecule has 0 heterocycles. The molecule has 0 fully saturated rings. The molecule has 0 radical (unpaired) electrons. The first-order valence-electron chi connectivity index (χ1n) is 26.3. The molecule has 2 heteroatoms. The van der Waals surface area contributed by atoms with Crippen LogP contribution in [-0.4, -0.2) is 0 Å². The largest absolute Gasteiger partial charge is 0.102 e. The monoisotopic (exact) mass is 1080 g/mol. The minimum absolute atomic E-state index is 0.158. The Morgan fingerprint density at radius 3 is 1.81 bits per heavy atom. The molecule has 0 nitrogen and oxygen atoms in total. The second kappa shape index (κ2) is 20.9. The summed E-state index contributed by atoms with van der Waals surface area (Å²) in [4.78, 5) is 0. The van der Waals surface area contributed by atoms with E-state index < -0.39 is 10.8 Å². The van der Waals surface area contributed by atoms with Crippen molar-refractivity contribution < 1.29 is 0 Å². The molecular weight excluding hydrogens is 1010 g/mol. The maximum atomic E-state index is 4.44. The molecule has 6 aliphatic rings. The van der Waals surface area contributed by atoms with Gasteiger partial charge in [0.25, 0.3) is 0 Å². The van der Waals surface area contributed by atoms with Crippen molar-refractivity contribution in [2.45, 2.75) is 122 Å². The predicted octanol–water partition coefficient (Wildman–Crippen LogP) is 18.1. The molecule has 0 aromatic heterocycles. The molecule has 6 aliphatic carbocycles. The summed E-state index contributed by atoms with van der Waals surface area (Å²) in [5.74, 6) is 29.7. The molecule has 10 rings (SSSR count). The quantitative estimate of drug-likeness (QED) is 0.141. The third-order valence-electron chi connectivity index (χ3n) is 15.7. The fourth-order valence-corrected chi connectivity index (χ4v) is 14.2. The number of rotatable bonds is 4. The summed E-state index contributed by atoms with van der Waals surface area (Å²) >= 11 is 8.66. The lowest BCUT2D eigenvalue weighted by Gasteiger charge is -2.41. The molecule has 4 unspecified atom stereocenters. The van der Waals surface area contributed by atoms with Crippen molar-refractivity contribution in [2.24, 2.45) is 11.3 Å². The molecule has 0 N–H and O–H groups in total. The Kier molecular flexibility index (Phi) is 14.8. The highest BCUT2D eigenvalue weighted by molar-refractivity contribution is 9.11. The first-order chi connectivity index (χ1) is 35.1.